The van der Waals surface area contributed by atoms with E-state index in [4.69, 9.17) is 14.2 Å². The Hall–Kier alpha value is -3.06. The Bertz CT molecular complexity index is 985. The van der Waals surface area contributed by atoms with E-state index in [0.29, 0.717) is 25.4 Å². The molecule has 28 heavy (non-hydrogen) atoms. The summed E-state index contributed by atoms with van der Waals surface area (Å²) in [6.07, 6.45) is 1.72. The molecular formula is C21H23N3O4. The summed E-state index contributed by atoms with van der Waals surface area (Å²) in [5, 5.41) is 0. The van der Waals surface area contributed by atoms with Crippen LogP contribution in [0.1, 0.15) is 18.5 Å². The summed E-state index contributed by atoms with van der Waals surface area (Å²) in [6, 6.07) is 13.2. The number of ether oxygens (including phenoxy) is 3. The van der Waals surface area contributed by atoms with Gasteiger partial charge in [-0.3, -0.25) is 4.79 Å². The Kier molecular flexibility index (Phi) is 5.16. The second-order valence-electron chi connectivity index (χ2n) is 6.76. The van der Waals surface area contributed by atoms with E-state index in [0.717, 1.165) is 22.3 Å². The van der Waals surface area contributed by atoms with Crippen LogP contribution in [-0.2, 0) is 16.1 Å². The number of carbonyl (C=O) groups excluding carboxylic acids is 1. The third-order valence-electron chi connectivity index (χ3n) is 4.94. The molecule has 146 valence electrons. The first-order valence-corrected chi connectivity index (χ1v) is 9.25. The lowest BCUT2D eigenvalue weighted by molar-refractivity contribution is -0.135. The highest BCUT2D eigenvalue weighted by molar-refractivity contribution is 5.83. The number of carbonyl (C=O) groups is 1. The molecule has 1 amide bonds. The second kappa shape index (κ2) is 7.90. The van der Waals surface area contributed by atoms with Crippen LogP contribution in [0.15, 0.2) is 48.8 Å². The smallest absolute Gasteiger partial charge is 0.245 e. The highest BCUT2D eigenvalue weighted by Crippen LogP contribution is 2.33. The van der Waals surface area contributed by atoms with Crippen molar-refractivity contribution in [1.29, 1.82) is 0 Å². The molecule has 0 spiro atoms. The van der Waals surface area contributed by atoms with E-state index in [1.165, 1.54) is 0 Å². The molecule has 0 N–H and O–H groups in total. The number of benzene rings is 2. The lowest BCUT2D eigenvalue weighted by Crippen LogP contribution is -2.37. The van der Waals surface area contributed by atoms with Crippen LogP contribution in [0.3, 0.4) is 0 Å². The summed E-state index contributed by atoms with van der Waals surface area (Å²) in [7, 11) is 1.63. The maximum atomic E-state index is 13.3. The number of hydrogen-bond acceptors (Lipinski definition) is 5. The van der Waals surface area contributed by atoms with Crippen molar-refractivity contribution in [2.75, 3.05) is 27.1 Å². The predicted octanol–water partition coefficient (Wildman–Crippen LogP) is 3.00. The normalized spacial score (nSPS) is 13.6. The lowest BCUT2D eigenvalue weighted by atomic mass is 10.1. The average molecular weight is 381 g/mol. The zero-order chi connectivity index (χ0) is 19.5. The van der Waals surface area contributed by atoms with Crippen molar-refractivity contribution in [3.63, 3.8) is 0 Å². The number of aromatic nitrogens is 2. The number of hydrogen-bond donors (Lipinski definition) is 0. The zero-order valence-electron chi connectivity index (χ0n) is 16.0. The molecule has 0 radical (unpaired) electrons. The van der Waals surface area contributed by atoms with E-state index in [9.17, 15) is 4.79 Å². The van der Waals surface area contributed by atoms with Crippen LogP contribution in [0.5, 0.6) is 11.5 Å². The summed E-state index contributed by atoms with van der Waals surface area (Å²) in [5.41, 5.74) is 2.80. The molecule has 0 aliphatic carbocycles. The first-order valence-electron chi connectivity index (χ1n) is 9.25. The van der Waals surface area contributed by atoms with Gasteiger partial charge in [0.25, 0.3) is 0 Å². The van der Waals surface area contributed by atoms with Crippen LogP contribution in [-0.4, -0.2) is 47.4 Å². The fourth-order valence-electron chi connectivity index (χ4n) is 3.40. The summed E-state index contributed by atoms with van der Waals surface area (Å²) in [4.78, 5) is 19.5. The molecule has 0 bridgehead atoms. The summed E-state index contributed by atoms with van der Waals surface area (Å²) in [5.74, 6) is 1.46. The maximum Gasteiger partial charge on any atom is 0.245 e. The molecule has 4 rings (SSSR count). The van der Waals surface area contributed by atoms with E-state index in [1.807, 2.05) is 54.0 Å². The Morgan fingerprint density at radius 1 is 1.25 bits per heavy atom. The lowest BCUT2D eigenvalue weighted by Gasteiger charge is -2.26. The molecule has 1 atom stereocenters. The fraction of sp³-hybridized carbons (Fsp3) is 0.333. The van der Waals surface area contributed by atoms with Crippen LogP contribution in [0.2, 0.25) is 0 Å². The van der Waals surface area contributed by atoms with Crippen LogP contribution in [0.25, 0.3) is 11.0 Å². The minimum absolute atomic E-state index is 0.0119. The summed E-state index contributed by atoms with van der Waals surface area (Å²) < 4.78 is 18.0. The van der Waals surface area contributed by atoms with Gasteiger partial charge in [0, 0.05) is 20.2 Å². The number of fused-ring (bicyclic) bond motifs is 2. The Balaban J connectivity index is 1.56. The molecule has 0 saturated carbocycles. The average Bonchev–Trinajstić information content (AvgIpc) is 3.36. The van der Waals surface area contributed by atoms with Gasteiger partial charge in [-0.05, 0) is 36.8 Å². The molecule has 3 aromatic rings. The number of methoxy groups -OCH3 is 1. The number of imidazole rings is 1. The van der Waals surface area contributed by atoms with Crippen molar-refractivity contribution >= 4 is 16.9 Å². The van der Waals surface area contributed by atoms with Gasteiger partial charge in [0.15, 0.2) is 11.5 Å². The van der Waals surface area contributed by atoms with Gasteiger partial charge in [-0.1, -0.05) is 18.2 Å². The molecule has 7 heteroatoms. The SMILES string of the molecule is COCCN(Cc1ccc2c(c1)OCO2)C(=O)C(C)n1cnc2ccccc21. The van der Waals surface area contributed by atoms with E-state index in [2.05, 4.69) is 4.98 Å². The monoisotopic (exact) mass is 381 g/mol. The first-order chi connectivity index (χ1) is 13.7. The first kappa shape index (κ1) is 18.3. The third kappa shape index (κ3) is 3.53. The minimum atomic E-state index is -0.377. The highest BCUT2D eigenvalue weighted by atomic mass is 16.7. The quantitative estimate of drug-likeness (QED) is 0.629. The van der Waals surface area contributed by atoms with E-state index in [-0.39, 0.29) is 18.7 Å². The highest BCUT2D eigenvalue weighted by Gasteiger charge is 2.24. The Morgan fingerprint density at radius 2 is 2.07 bits per heavy atom. The maximum absolute atomic E-state index is 13.3. The van der Waals surface area contributed by atoms with Crippen molar-refractivity contribution in [1.82, 2.24) is 14.5 Å². The molecule has 1 aliphatic rings. The number of amides is 1. The van der Waals surface area contributed by atoms with Gasteiger partial charge in [0.05, 0.1) is 24.0 Å². The molecule has 7 nitrogen and oxygen atoms in total. The van der Waals surface area contributed by atoms with Crippen LogP contribution >= 0.6 is 0 Å². The van der Waals surface area contributed by atoms with Gasteiger partial charge < -0.3 is 23.7 Å². The molecule has 1 aliphatic heterocycles. The van der Waals surface area contributed by atoms with E-state index in [1.54, 1.807) is 18.3 Å². The molecule has 1 unspecified atom stereocenters. The fourth-order valence-corrected chi connectivity index (χ4v) is 3.40. The van der Waals surface area contributed by atoms with Crippen LogP contribution in [0, 0.1) is 0 Å². The predicted molar refractivity (Wildman–Crippen MR) is 104 cm³/mol. The summed E-state index contributed by atoms with van der Waals surface area (Å²) >= 11 is 0. The van der Waals surface area contributed by atoms with E-state index >= 15 is 0 Å². The van der Waals surface area contributed by atoms with Gasteiger partial charge >= 0.3 is 0 Å². The van der Waals surface area contributed by atoms with Crippen molar-refractivity contribution in [3.8, 4) is 11.5 Å². The largest absolute Gasteiger partial charge is 0.454 e. The molecule has 1 aromatic heterocycles. The van der Waals surface area contributed by atoms with Crippen molar-refractivity contribution in [2.45, 2.75) is 19.5 Å². The summed E-state index contributed by atoms with van der Waals surface area (Å²) in [6.45, 7) is 3.57. The Labute approximate surface area is 163 Å². The van der Waals surface area contributed by atoms with Gasteiger partial charge in [-0.25, -0.2) is 4.98 Å². The van der Waals surface area contributed by atoms with E-state index < -0.39 is 0 Å². The molecule has 2 heterocycles. The number of nitrogens with zero attached hydrogens (tertiary/aromatic N) is 3. The van der Waals surface area contributed by atoms with Gasteiger partial charge in [-0.2, -0.15) is 0 Å². The molecule has 0 fully saturated rings. The molecule has 2 aromatic carbocycles. The van der Waals surface area contributed by atoms with Crippen molar-refractivity contribution < 1.29 is 19.0 Å². The molecular weight excluding hydrogens is 358 g/mol. The van der Waals surface area contributed by atoms with Crippen LogP contribution < -0.4 is 9.47 Å². The van der Waals surface area contributed by atoms with Gasteiger partial charge in [0.1, 0.15) is 6.04 Å². The molecule has 0 saturated heterocycles. The topological polar surface area (TPSA) is 65.8 Å². The van der Waals surface area contributed by atoms with Gasteiger partial charge in [-0.15, -0.1) is 0 Å². The number of para-hydroxylation sites is 2. The van der Waals surface area contributed by atoms with Crippen LogP contribution in [0.4, 0.5) is 0 Å². The number of rotatable bonds is 7. The Morgan fingerprint density at radius 3 is 2.93 bits per heavy atom. The van der Waals surface area contributed by atoms with Crippen molar-refractivity contribution in [2.24, 2.45) is 0 Å². The second-order valence-corrected chi connectivity index (χ2v) is 6.76. The van der Waals surface area contributed by atoms with Crippen molar-refractivity contribution in [3.05, 3.63) is 54.4 Å². The minimum Gasteiger partial charge on any atom is -0.454 e. The third-order valence-corrected chi connectivity index (χ3v) is 4.94. The zero-order valence-corrected chi connectivity index (χ0v) is 16.0. The van der Waals surface area contributed by atoms with Gasteiger partial charge in [0.2, 0.25) is 12.7 Å². The standard InChI is InChI=1S/C21H23N3O4/c1-15(24-13-22-17-5-3-4-6-18(17)24)21(25)23(9-10-26-2)12-16-7-8-19-20(11-16)28-14-27-19/h3-8,11,13,15H,9-10,12,14H2,1-2H3.